The van der Waals surface area contributed by atoms with Gasteiger partial charge in [0.25, 0.3) is 0 Å². The Balaban J connectivity index is 2.68. The monoisotopic (exact) mass is 212 g/mol. The second-order valence-electron chi connectivity index (χ2n) is 4.78. The van der Waals surface area contributed by atoms with E-state index in [1.807, 2.05) is 7.05 Å². The molecule has 0 aromatic heterocycles. The van der Waals surface area contributed by atoms with Gasteiger partial charge in [0.05, 0.1) is 5.54 Å². The van der Waals surface area contributed by atoms with Crippen molar-refractivity contribution in [3.63, 3.8) is 0 Å². The van der Waals surface area contributed by atoms with Gasteiger partial charge in [0.1, 0.15) is 0 Å². The lowest BCUT2D eigenvalue weighted by Crippen LogP contribution is -2.57. The minimum atomic E-state index is 0.0409. The fourth-order valence-corrected chi connectivity index (χ4v) is 2.52. The predicted molar refractivity (Wildman–Crippen MR) is 62.8 cm³/mol. The van der Waals surface area contributed by atoms with Crippen molar-refractivity contribution in [2.45, 2.75) is 51.5 Å². The van der Waals surface area contributed by atoms with E-state index in [0.717, 1.165) is 32.4 Å². The summed E-state index contributed by atoms with van der Waals surface area (Å²) in [7, 11) is 1.96. The summed E-state index contributed by atoms with van der Waals surface area (Å²) in [4.78, 5) is 14.1. The number of rotatable bonds is 4. The van der Waals surface area contributed by atoms with Crippen molar-refractivity contribution < 1.29 is 4.79 Å². The van der Waals surface area contributed by atoms with Gasteiger partial charge in [0.15, 0.2) is 0 Å². The fraction of sp³-hybridized carbons (Fsp3) is 0.917. The molecule has 1 amide bonds. The number of hydrogen-bond acceptors (Lipinski definition) is 2. The van der Waals surface area contributed by atoms with Crippen molar-refractivity contribution in [2.24, 2.45) is 0 Å². The highest BCUT2D eigenvalue weighted by atomic mass is 16.2. The molecule has 1 unspecified atom stereocenters. The zero-order chi connectivity index (χ0) is 11.3. The molecule has 3 nitrogen and oxygen atoms in total. The molecule has 0 spiro atoms. The van der Waals surface area contributed by atoms with E-state index in [4.69, 9.17) is 0 Å². The summed E-state index contributed by atoms with van der Waals surface area (Å²) in [5.41, 5.74) is 0.0409. The standard InChI is InChI=1S/C12H24N2O/c1-4-7-11(15)14-9-6-5-8-12(14,2)10-13-3/h13H,4-10H2,1-3H3. The maximum atomic E-state index is 12.0. The first-order valence-electron chi connectivity index (χ1n) is 6.09. The first kappa shape index (κ1) is 12.5. The van der Waals surface area contributed by atoms with Crippen LogP contribution >= 0.6 is 0 Å². The number of carbonyl (C=O) groups excluding carboxylic acids is 1. The quantitative estimate of drug-likeness (QED) is 0.770. The summed E-state index contributed by atoms with van der Waals surface area (Å²) in [6.45, 7) is 6.12. The molecule has 3 heteroatoms. The summed E-state index contributed by atoms with van der Waals surface area (Å²) in [5.74, 6) is 0.329. The molecule has 1 atom stereocenters. The Kier molecular flexibility index (Phi) is 4.58. The minimum absolute atomic E-state index is 0.0409. The Morgan fingerprint density at radius 2 is 2.20 bits per heavy atom. The number of carbonyl (C=O) groups is 1. The van der Waals surface area contributed by atoms with Gasteiger partial charge in [-0.1, -0.05) is 6.92 Å². The van der Waals surface area contributed by atoms with Crippen molar-refractivity contribution in [1.82, 2.24) is 10.2 Å². The van der Waals surface area contributed by atoms with Gasteiger partial charge in [0.2, 0.25) is 5.91 Å². The zero-order valence-electron chi connectivity index (χ0n) is 10.3. The molecule has 0 bridgehead atoms. The molecule has 1 aliphatic heterocycles. The van der Waals surface area contributed by atoms with Crippen molar-refractivity contribution >= 4 is 5.91 Å². The lowest BCUT2D eigenvalue weighted by atomic mass is 9.88. The summed E-state index contributed by atoms with van der Waals surface area (Å²) >= 11 is 0. The lowest BCUT2D eigenvalue weighted by molar-refractivity contribution is -0.139. The summed E-state index contributed by atoms with van der Waals surface area (Å²) in [6, 6.07) is 0. The molecule has 0 aliphatic carbocycles. The summed E-state index contributed by atoms with van der Waals surface area (Å²) in [5, 5.41) is 3.21. The zero-order valence-corrected chi connectivity index (χ0v) is 10.3. The normalized spacial score (nSPS) is 26.7. The topological polar surface area (TPSA) is 32.3 Å². The van der Waals surface area contributed by atoms with Gasteiger partial charge in [-0.2, -0.15) is 0 Å². The molecular formula is C12H24N2O. The molecule has 0 aromatic carbocycles. The molecule has 1 N–H and O–H groups in total. The van der Waals surface area contributed by atoms with Crippen LogP contribution in [0.15, 0.2) is 0 Å². The number of piperidine rings is 1. The summed E-state index contributed by atoms with van der Waals surface area (Å²) < 4.78 is 0. The van der Waals surface area contributed by atoms with Gasteiger partial charge in [-0.15, -0.1) is 0 Å². The minimum Gasteiger partial charge on any atom is -0.336 e. The van der Waals surface area contributed by atoms with Crippen LogP contribution in [0.1, 0.15) is 46.0 Å². The first-order chi connectivity index (χ1) is 7.14. The number of likely N-dealkylation sites (N-methyl/N-ethyl adjacent to an activating group) is 1. The molecule has 15 heavy (non-hydrogen) atoms. The SMILES string of the molecule is CCCC(=O)N1CCCCC1(C)CNC. The van der Waals surface area contributed by atoms with Crippen LogP contribution in [0.5, 0.6) is 0 Å². The van der Waals surface area contributed by atoms with Crippen molar-refractivity contribution in [1.29, 1.82) is 0 Å². The Labute approximate surface area is 93.2 Å². The Morgan fingerprint density at radius 3 is 2.80 bits per heavy atom. The molecule has 88 valence electrons. The lowest BCUT2D eigenvalue weighted by Gasteiger charge is -2.45. The van der Waals surface area contributed by atoms with E-state index in [1.165, 1.54) is 6.42 Å². The van der Waals surface area contributed by atoms with E-state index in [0.29, 0.717) is 12.3 Å². The third kappa shape index (κ3) is 2.94. The molecule has 1 fully saturated rings. The van der Waals surface area contributed by atoms with Gasteiger partial charge in [0, 0.05) is 19.5 Å². The van der Waals surface area contributed by atoms with Gasteiger partial charge in [-0.3, -0.25) is 4.79 Å². The van der Waals surface area contributed by atoms with Gasteiger partial charge < -0.3 is 10.2 Å². The van der Waals surface area contributed by atoms with Crippen LogP contribution in [0.25, 0.3) is 0 Å². The second-order valence-corrected chi connectivity index (χ2v) is 4.78. The highest BCUT2D eigenvalue weighted by Gasteiger charge is 2.36. The number of amides is 1. The maximum absolute atomic E-state index is 12.0. The van der Waals surface area contributed by atoms with E-state index in [1.54, 1.807) is 0 Å². The Bertz CT molecular complexity index is 214. The number of nitrogens with one attached hydrogen (secondary N) is 1. The number of likely N-dealkylation sites (tertiary alicyclic amines) is 1. The van der Waals surface area contributed by atoms with Crippen molar-refractivity contribution in [2.75, 3.05) is 20.1 Å². The molecule has 1 rings (SSSR count). The summed E-state index contributed by atoms with van der Waals surface area (Å²) in [6.07, 6.45) is 5.18. The van der Waals surface area contributed by atoms with E-state index >= 15 is 0 Å². The number of hydrogen-bond donors (Lipinski definition) is 1. The fourth-order valence-electron chi connectivity index (χ4n) is 2.52. The van der Waals surface area contributed by atoms with Gasteiger partial charge in [-0.25, -0.2) is 0 Å². The molecule has 0 aromatic rings. The van der Waals surface area contributed by atoms with Crippen LogP contribution in [0, 0.1) is 0 Å². The third-order valence-electron chi connectivity index (χ3n) is 3.32. The predicted octanol–water partition coefficient (Wildman–Crippen LogP) is 1.78. The van der Waals surface area contributed by atoms with Crippen LogP contribution < -0.4 is 5.32 Å². The molecule has 1 heterocycles. The Morgan fingerprint density at radius 1 is 1.47 bits per heavy atom. The van der Waals surface area contributed by atoms with E-state index in [9.17, 15) is 4.79 Å². The Hall–Kier alpha value is -0.570. The van der Waals surface area contributed by atoms with Crippen LogP contribution in [0.2, 0.25) is 0 Å². The van der Waals surface area contributed by atoms with Gasteiger partial charge >= 0.3 is 0 Å². The van der Waals surface area contributed by atoms with Crippen LogP contribution in [0.4, 0.5) is 0 Å². The highest BCUT2D eigenvalue weighted by Crippen LogP contribution is 2.28. The van der Waals surface area contributed by atoms with E-state index < -0.39 is 0 Å². The van der Waals surface area contributed by atoms with Crippen LogP contribution in [-0.2, 0) is 4.79 Å². The van der Waals surface area contributed by atoms with E-state index in [2.05, 4.69) is 24.1 Å². The van der Waals surface area contributed by atoms with Crippen LogP contribution in [-0.4, -0.2) is 36.5 Å². The highest BCUT2D eigenvalue weighted by molar-refractivity contribution is 5.77. The molecule has 1 aliphatic rings. The molecule has 0 saturated carbocycles. The van der Waals surface area contributed by atoms with Crippen molar-refractivity contribution in [3.05, 3.63) is 0 Å². The molecular weight excluding hydrogens is 188 g/mol. The average Bonchev–Trinajstić information content (AvgIpc) is 2.18. The van der Waals surface area contributed by atoms with E-state index in [-0.39, 0.29) is 5.54 Å². The van der Waals surface area contributed by atoms with Crippen molar-refractivity contribution in [3.8, 4) is 0 Å². The van der Waals surface area contributed by atoms with Crippen LogP contribution in [0.3, 0.4) is 0 Å². The second kappa shape index (κ2) is 5.50. The third-order valence-corrected chi connectivity index (χ3v) is 3.32. The first-order valence-corrected chi connectivity index (χ1v) is 6.09. The molecule has 1 saturated heterocycles. The smallest absolute Gasteiger partial charge is 0.223 e. The molecule has 0 radical (unpaired) electrons. The van der Waals surface area contributed by atoms with Gasteiger partial charge in [-0.05, 0) is 39.7 Å². The largest absolute Gasteiger partial charge is 0.336 e. The number of nitrogens with zero attached hydrogens (tertiary/aromatic N) is 1. The maximum Gasteiger partial charge on any atom is 0.223 e. The average molecular weight is 212 g/mol.